The molecule has 0 aliphatic heterocycles. The molecule has 0 N–H and O–H groups in total. The molecule has 0 bridgehead atoms. The third-order valence-corrected chi connectivity index (χ3v) is 3.34. The monoisotopic (exact) mass is 270 g/mol. The van der Waals surface area contributed by atoms with Gasteiger partial charge in [0.05, 0.1) is 0 Å². The van der Waals surface area contributed by atoms with Crippen LogP contribution < -0.4 is 0 Å². The van der Waals surface area contributed by atoms with E-state index in [-0.39, 0.29) is 5.82 Å². The van der Waals surface area contributed by atoms with Crippen molar-refractivity contribution in [2.75, 3.05) is 0 Å². The first-order valence-corrected chi connectivity index (χ1v) is 6.84. The van der Waals surface area contributed by atoms with Crippen LogP contribution in [-0.4, -0.2) is 9.97 Å². The van der Waals surface area contributed by atoms with Gasteiger partial charge in [0.15, 0.2) is 5.82 Å². The summed E-state index contributed by atoms with van der Waals surface area (Å²) in [6.45, 7) is 7.94. The van der Waals surface area contributed by atoms with E-state index in [1.807, 2.05) is 19.1 Å². The van der Waals surface area contributed by atoms with E-state index in [2.05, 4.69) is 23.5 Å². The summed E-state index contributed by atoms with van der Waals surface area (Å²) in [6, 6.07) is 5.20. The highest BCUT2D eigenvalue weighted by Gasteiger charge is 2.07. The average molecular weight is 270 g/mol. The Kier molecular flexibility index (Phi) is 4.61. The van der Waals surface area contributed by atoms with Crippen molar-refractivity contribution in [2.24, 2.45) is 0 Å². The molecule has 0 aliphatic carbocycles. The molecule has 0 unspecified atom stereocenters. The molecule has 0 saturated carbocycles. The number of benzene rings is 1. The molecule has 0 saturated heterocycles. The summed E-state index contributed by atoms with van der Waals surface area (Å²) < 4.78 is 14.1. The van der Waals surface area contributed by atoms with E-state index < -0.39 is 0 Å². The smallest absolute Gasteiger partial charge is 0.159 e. The van der Waals surface area contributed by atoms with Gasteiger partial charge in [0, 0.05) is 18.0 Å². The maximum atomic E-state index is 14.1. The van der Waals surface area contributed by atoms with Gasteiger partial charge in [0.1, 0.15) is 5.82 Å². The number of nitrogens with zero attached hydrogens (tertiary/aromatic N) is 2. The van der Waals surface area contributed by atoms with E-state index in [9.17, 15) is 4.39 Å². The van der Waals surface area contributed by atoms with Gasteiger partial charge in [-0.05, 0) is 43.4 Å². The number of hydrogen-bond donors (Lipinski definition) is 0. The van der Waals surface area contributed by atoms with Crippen LogP contribution in [0.1, 0.15) is 30.9 Å². The van der Waals surface area contributed by atoms with E-state index >= 15 is 0 Å². The van der Waals surface area contributed by atoms with Crippen molar-refractivity contribution < 1.29 is 4.39 Å². The van der Waals surface area contributed by atoms with Gasteiger partial charge in [0.25, 0.3) is 0 Å². The number of hydrogen-bond acceptors (Lipinski definition) is 2. The standard InChI is InChI=1S/C17H19FN2/c1-4-12(2)5-6-14-7-8-15(9-16(14)18)17-19-10-13(3)11-20-17/h7-11H,2,4-6H2,1,3H3. The highest BCUT2D eigenvalue weighted by atomic mass is 19.1. The Labute approximate surface area is 119 Å². The van der Waals surface area contributed by atoms with Gasteiger partial charge in [-0.25, -0.2) is 14.4 Å². The number of aryl methyl sites for hydroxylation is 2. The lowest BCUT2D eigenvalue weighted by Crippen LogP contribution is -1.95. The zero-order chi connectivity index (χ0) is 14.5. The number of halogens is 1. The molecular formula is C17H19FN2. The van der Waals surface area contributed by atoms with E-state index in [4.69, 9.17) is 0 Å². The van der Waals surface area contributed by atoms with Crippen molar-refractivity contribution >= 4 is 0 Å². The zero-order valence-electron chi connectivity index (χ0n) is 12.0. The maximum absolute atomic E-state index is 14.1. The minimum absolute atomic E-state index is 0.199. The molecular weight excluding hydrogens is 251 g/mol. The lowest BCUT2D eigenvalue weighted by Gasteiger charge is -2.07. The quantitative estimate of drug-likeness (QED) is 0.748. The van der Waals surface area contributed by atoms with Gasteiger partial charge in [-0.3, -0.25) is 0 Å². The lowest BCUT2D eigenvalue weighted by atomic mass is 10.0. The fourth-order valence-corrected chi connectivity index (χ4v) is 1.92. The van der Waals surface area contributed by atoms with Crippen LogP contribution in [0.4, 0.5) is 4.39 Å². The van der Waals surface area contributed by atoms with Gasteiger partial charge in [-0.15, -0.1) is 0 Å². The molecule has 1 heterocycles. The maximum Gasteiger partial charge on any atom is 0.159 e. The van der Waals surface area contributed by atoms with Crippen molar-refractivity contribution in [1.29, 1.82) is 0 Å². The first-order valence-electron chi connectivity index (χ1n) is 6.84. The Morgan fingerprint density at radius 3 is 2.55 bits per heavy atom. The van der Waals surface area contributed by atoms with Crippen LogP contribution in [0.15, 0.2) is 42.7 Å². The molecule has 0 radical (unpaired) electrons. The molecule has 3 heteroatoms. The normalized spacial score (nSPS) is 10.6. The number of allylic oxidation sites excluding steroid dienone is 1. The molecule has 2 aromatic rings. The third kappa shape index (κ3) is 3.50. The molecule has 20 heavy (non-hydrogen) atoms. The highest BCUT2D eigenvalue weighted by molar-refractivity contribution is 5.55. The van der Waals surface area contributed by atoms with Crippen LogP contribution in [0, 0.1) is 12.7 Å². The topological polar surface area (TPSA) is 25.8 Å². The van der Waals surface area contributed by atoms with Crippen LogP contribution in [0.5, 0.6) is 0 Å². The van der Waals surface area contributed by atoms with Crippen LogP contribution in [-0.2, 0) is 6.42 Å². The molecule has 0 aliphatic rings. The second-order valence-corrected chi connectivity index (χ2v) is 4.99. The van der Waals surface area contributed by atoms with E-state index in [1.165, 1.54) is 6.07 Å². The molecule has 104 valence electrons. The first kappa shape index (κ1) is 14.4. The molecule has 0 amide bonds. The summed E-state index contributed by atoms with van der Waals surface area (Å²) >= 11 is 0. The lowest BCUT2D eigenvalue weighted by molar-refractivity contribution is 0.608. The van der Waals surface area contributed by atoms with Crippen molar-refractivity contribution in [3.63, 3.8) is 0 Å². The fraction of sp³-hybridized carbons (Fsp3) is 0.294. The van der Waals surface area contributed by atoms with Crippen molar-refractivity contribution in [3.8, 4) is 11.4 Å². The second kappa shape index (κ2) is 6.42. The molecule has 1 aromatic carbocycles. The minimum atomic E-state index is -0.199. The third-order valence-electron chi connectivity index (χ3n) is 3.34. The zero-order valence-corrected chi connectivity index (χ0v) is 12.0. The molecule has 1 aromatic heterocycles. The summed E-state index contributed by atoms with van der Waals surface area (Å²) in [4.78, 5) is 8.43. The number of aromatic nitrogens is 2. The predicted octanol–water partition coefficient (Wildman–Crippen LogP) is 4.49. The van der Waals surface area contributed by atoms with Gasteiger partial charge < -0.3 is 0 Å². The molecule has 0 spiro atoms. The number of rotatable bonds is 5. The van der Waals surface area contributed by atoms with Crippen LogP contribution in [0.3, 0.4) is 0 Å². The van der Waals surface area contributed by atoms with E-state index in [1.54, 1.807) is 12.4 Å². The van der Waals surface area contributed by atoms with Crippen molar-refractivity contribution in [2.45, 2.75) is 33.1 Å². The van der Waals surface area contributed by atoms with Crippen LogP contribution in [0.25, 0.3) is 11.4 Å². The Bertz CT molecular complexity index is 603. The summed E-state index contributed by atoms with van der Waals surface area (Å²) in [6.07, 6.45) is 5.93. The average Bonchev–Trinajstić information content (AvgIpc) is 2.46. The Morgan fingerprint density at radius 2 is 1.95 bits per heavy atom. The fourth-order valence-electron chi connectivity index (χ4n) is 1.92. The molecule has 0 fully saturated rings. The molecule has 0 atom stereocenters. The van der Waals surface area contributed by atoms with Crippen molar-refractivity contribution in [1.82, 2.24) is 9.97 Å². The minimum Gasteiger partial charge on any atom is -0.236 e. The Morgan fingerprint density at radius 1 is 1.25 bits per heavy atom. The second-order valence-electron chi connectivity index (χ2n) is 4.99. The Balaban J connectivity index is 2.17. The van der Waals surface area contributed by atoms with Gasteiger partial charge in [0.2, 0.25) is 0 Å². The summed E-state index contributed by atoms with van der Waals surface area (Å²) in [5, 5.41) is 0. The summed E-state index contributed by atoms with van der Waals surface area (Å²) in [7, 11) is 0. The van der Waals surface area contributed by atoms with Gasteiger partial charge in [-0.2, -0.15) is 0 Å². The molecule has 2 nitrogen and oxygen atoms in total. The van der Waals surface area contributed by atoms with Gasteiger partial charge in [-0.1, -0.05) is 31.2 Å². The summed E-state index contributed by atoms with van der Waals surface area (Å²) in [5.41, 5.74) is 3.57. The highest BCUT2D eigenvalue weighted by Crippen LogP contribution is 2.20. The first-order chi connectivity index (χ1) is 9.60. The largest absolute Gasteiger partial charge is 0.236 e. The van der Waals surface area contributed by atoms with Crippen LogP contribution in [0.2, 0.25) is 0 Å². The van der Waals surface area contributed by atoms with Gasteiger partial charge >= 0.3 is 0 Å². The predicted molar refractivity (Wildman–Crippen MR) is 79.9 cm³/mol. The van der Waals surface area contributed by atoms with Crippen LogP contribution >= 0.6 is 0 Å². The molecule has 2 rings (SSSR count). The Hall–Kier alpha value is -2.03. The summed E-state index contributed by atoms with van der Waals surface area (Å²) in [5.74, 6) is 0.356. The van der Waals surface area contributed by atoms with E-state index in [0.29, 0.717) is 17.8 Å². The SMILES string of the molecule is C=C(CC)CCc1ccc(-c2ncc(C)cn2)cc1F. The van der Waals surface area contributed by atoms with E-state index in [0.717, 1.165) is 29.5 Å². The van der Waals surface area contributed by atoms with Crippen molar-refractivity contribution in [3.05, 3.63) is 59.7 Å².